The van der Waals surface area contributed by atoms with E-state index < -0.39 is 6.17 Å². The first-order valence-electron chi connectivity index (χ1n) is 3.61. The lowest BCUT2D eigenvalue weighted by Gasteiger charge is -2.28. The number of hydrogen-bond acceptors (Lipinski definition) is 1. The summed E-state index contributed by atoms with van der Waals surface area (Å²) in [6, 6.07) is -0.196. The van der Waals surface area contributed by atoms with Crippen molar-refractivity contribution in [3.05, 3.63) is 0 Å². The van der Waals surface area contributed by atoms with Crippen LogP contribution in [0.15, 0.2) is 0 Å². The van der Waals surface area contributed by atoms with Crippen LogP contribution in [0.3, 0.4) is 0 Å². The lowest BCUT2D eigenvalue weighted by Crippen LogP contribution is -2.40. The van der Waals surface area contributed by atoms with Crippen LogP contribution in [0, 0.1) is 5.92 Å². The lowest BCUT2D eigenvalue weighted by molar-refractivity contribution is 0.172. The number of alkyl halides is 1. The van der Waals surface area contributed by atoms with E-state index in [1.807, 2.05) is 6.92 Å². The molecular formula is C7H14FN. The maximum Gasteiger partial charge on any atom is 0.115 e. The average molecular weight is 131 g/mol. The fourth-order valence-electron chi connectivity index (χ4n) is 1.38. The molecule has 1 fully saturated rings. The predicted octanol–water partition coefficient (Wildman–Crippen LogP) is 1.47. The molecule has 0 aliphatic heterocycles. The summed E-state index contributed by atoms with van der Waals surface area (Å²) >= 11 is 0. The standard InChI is InChI=1S/C7H14FN/c1-5-3-2-4-6(8)7(5)9/h5-7H,2-4,9H2,1H3. The molecule has 1 aliphatic rings. The van der Waals surface area contributed by atoms with Crippen molar-refractivity contribution in [1.29, 1.82) is 0 Å². The van der Waals surface area contributed by atoms with Gasteiger partial charge in [-0.1, -0.05) is 13.3 Å². The van der Waals surface area contributed by atoms with Crippen LogP contribution in [0.5, 0.6) is 0 Å². The van der Waals surface area contributed by atoms with Crippen LogP contribution in [0.4, 0.5) is 4.39 Å². The molecule has 0 heterocycles. The summed E-state index contributed by atoms with van der Waals surface area (Å²) in [6.07, 6.45) is 2.04. The molecule has 0 spiro atoms. The van der Waals surface area contributed by atoms with E-state index in [2.05, 4.69) is 0 Å². The zero-order valence-electron chi connectivity index (χ0n) is 5.81. The largest absolute Gasteiger partial charge is 0.325 e. The van der Waals surface area contributed by atoms with Crippen molar-refractivity contribution in [2.75, 3.05) is 0 Å². The summed E-state index contributed by atoms with van der Waals surface area (Å²) in [6.45, 7) is 2.02. The van der Waals surface area contributed by atoms with Gasteiger partial charge in [0.15, 0.2) is 0 Å². The monoisotopic (exact) mass is 131 g/mol. The third-order valence-electron chi connectivity index (χ3n) is 2.21. The normalized spacial score (nSPS) is 45.0. The molecule has 0 aromatic heterocycles. The minimum atomic E-state index is -0.742. The van der Waals surface area contributed by atoms with Crippen molar-refractivity contribution in [1.82, 2.24) is 0 Å². The Bertz CT molecular complexity index is 84.9. The molecular weight excluding hydrogens is 117 g/mol. The third kappa shape index (κ3) is 1.42. The van der Waals surface area contributed by atoms with E-state index in [1.165, 1.54) is 0 Å². The Hall–Kier alpha value is -0.110. The van der Waals surface area contributed by atoms with Gasteiger partial charge >= 0.3 is 0 Å². The second kappa shape index (κ2) is 2.65. The number of nitrogens with two attached hydrogens (primary N) is 1. The van der Waals surface area contributed by atoms with Crippen molar-refractivity contribution >= 4 is 0 Å². The van der Waals surface area contributed by atoms with Crippen LogP contribution in [0.1, 0.15) is 26.2 Å². The van der Waals surface area contributed by atoms with Crippen molar-refractivity contribution in [2.45, 2.75) is 38.4 Å². The number of hydrogen-bond donors (Lipinski definition) is 1. The van der Waals surface area contributed by atoms with Crippen molar-refractivity contribution < 1.29 is 4.39 Å². The molecule has 1 aliphatic carbocycles. The quantitative estimate of drug-likeness (QED) is 0.529. The molecule has 0 saturated heterocycles. The van der Waals surface area contributed by atoms with Gasteiger partial charge in [0, 0.05) is 6.04 Å². The summed E-state index contributed by atoms with van der Waals surface area (Å²) in [4.78, 5) is 0. The summed E-state index contributed by atoms with van der Waals surface area (Å²) in [5, 5.41) is 0. The second-order valence-electron chi connectivity index (χ2n) is 3.00. The second-order valence-corrected chi connectivity index (χ2v) is 3.00. The predicted molar refractivity (Wildman–Crippen MR) is 35.9 cm³/mol. The Morgan fingerprint density at radius 3 is 2.56 bits per heavy atom. The Kier molecular flexibility index (Phi) is 2.06. The maximum absolute atomic E-state index is 12.7. The molecule has 3 atom stereocenters. The van der Waals surface area contributed by atoms with E-state index in [1.54, 1.807) is 0 Å². The first-order valence-corrected chi connectivity index (χ1v) is 3.61. The Morgan fingerprint density at radius 1 is 1.44 bits per heavy atom. The highest BCUT2D eigenvalue weighted by Gasteiger charge is 2.26. The Balaban J connectivity index is 2.41. The number of halogens is 1. The van der Waals surface area contributed by atoms with Gasteiger partial charge in [0.25, 0.3) is 0 Å². The van der Waals surface area contributed by atoms with Gasteiger partial charge in [-0.25, -0.2) is 4.39 Å². The molecule has 54 valence electrons. The summed E-state index contributed by atoms with van der Waals surface area (Å²) < 4.78 is 12.7. The summed E-state index contributed by atoms with van der Waals surface area (Å²) in [5.74, 6) is 0.383. The summed E-state index contributed by atoms with van der Waals surface area (Å²) in [5.41, 5.74) is 5.55. The topological polar surface area (TPSA) is 26.0 Å². The summed E-state index contributed by atoms with van der Waals surface area (Å²) in [7, 11) is 0. The van der Waals surface area contributed by atoms with E-state index in [0.717, 1.165) is 12.8 Å². The van der Waals surface area contributed by atoms with Gasteiger partial charge in [-0.15, -0.1) is 0 Å². The van der Waals surface area contributed by atoms with Crippen LogP contribution in [0.25, 0.3) is 0 Å². The minimum Gasteiger partial charge on any atom is -0.325 e. The molecule has 1 rings (SSSR count). The van der Waals surface area contributed by atoms with Crippen LogP contribution < -0.4 is 5.73 Å². The first-order chi connectivity index (χ1) is 4.22. The van der Waals surface area contributed by atoms with E-state index in [0.29, 0.717) is 12.3 Å². The van der Waals surface area contributed by atoms with Crippen LogP contribution in [-0.2, 0) is 0 Å². The van der Waals surface area contributed by atoms with Gasteiger partial charge in [0.1, 0.15) is 6.17 Å². The van der Waals surface area contributed by atoms with Gasteiger partial charge in [0.2, 0.25) is 0 Å². The molecule has 0 aromatic carbocycles. The molecule has 3 unspecified atom stereocenters. The van der Waals surface area contributed by atoms with Crippen molar-refractivity contribution in [3.63, 3.8) is 0 Å². The average Bonchev–Trinajstić information content (AvgIpc) is 1.83. The molecule has 0 radical (unpaired) electrons. The van der Waals surface area contributed by atoms with Gasteiger partial charge in [0.05, 0.1) is 0 Å². The van der Waals surface area contributed by atoms with Gasteiger partial charge in [-0.05, 0) is 18.8 Å². The highest BCUT2D eigenvalue weighted by Crippen LogP contribution is 2.24. The Labute approximate surface area is 55.4 Å². The molecule has 0 amide bonds. The lowest BCUT2D eigenvalue weighted by atomic mass is 9.85. The van der Waals surface area contributed by atoms with Gasteiger partial charge in [-0.3, -0.25) is 0 Å². The van der Waals surface area contributed by atoms with Crippen LogP contribution in [-0.4, -0.2) is 12.2 Å². The molecule has 1 saturated carbocycles. The fourth-order valence-corrected chi connectivity index (χ4v) is 1.38. The van der Waals surface area contributed by atoms with E-state index in [-0.39, 0.29) is 6.04 Å². The molecule has 1 nitrogen and oxygen atoms in total. The first kappa shape index (κ1) is 7.00. The smallest absolute Gasteiger partial charge is 0.115 e. The van der Waals surface area contributed by atoms with Crippen LogP contribution in [0.2, 0.25) is 0 Å². The minimum absolute atomic E-state index is 0.196. The van der Waals surface area contributed by atoms with Crippen LogP contribution >= 0.6 is 0 Å². The molecule has 2 N–H and O–H groups in total. The van der Waals surface area contributed by atoms with E-state index >= 15 is 0 Å². The highest BCUT2D eigenvalue weighted by molar-refractivity contribution is 4.82. The molecule has 2 heteroatoms. The van der Waals surface area contributed by atoms with Gasteiger partial charge < -0.3 is 5.73 Å². The molecule has 9 heavy (non-hydrogen) atoms. The molecule has 0 aromatic rings. The van der Waals surface area contributed by atoms with Crippen molar-refractivity contribution in [3.8, 4) is 0 Å². The van der Waals surface area contributed by atoms with E-state index in [9.17, 15) is 4.39 Å². The fraction of sp³-hybridized carbons (Fsp3) is 1.00. The maximum atomic E-state index is 12.7. The SMILES string of the molecule is CC1CCCC(F)C1N. The third-order valence-corrected chi connectivity index (χ3v) is 2.21. The number of rotatable bonds is 0. The van der Waals surface area contributed by atoms with Crippen molar-refractivity contribution in [2.24, 2.45) is 11.7 Å². The van der Waals surface area contributed by atoms with E-state index in [4.69, 9.17) is 5.73 Å². The Morgan fingerprint density at radius 2 is 2.11 bits per heavy atom. The zero-order chi connectivity index (χ0) is 6.85. The molecule has 0 bridgehead atoms. The van der Waals surface area contributed by atoms with Gasteiger partial charge in [-0.2, -0.15) is 0 Å². The highest BCUT2D eigenvalue weighted by atomic mass is 19.1. The zero-order valence-corrected chi connectivity index (χ0v) is 5.81.